The number of hydrogen-bond donors (Lipinski definition) is 0. The van der Waals surface area contributed by atoms with Gasteiger partial charge in [-0.05, 0) is 13.0 Å². The van der Waals surface area contributed by atoms with Gasteiger partial charge in [0.05, 0.1) is 4.90 Å². The SMILES string of the molecule is Cc1c(S(=O)(=O)[O-])c2ccccc2n1C.c1cc[nH+]cc1. The number of aromatic nitrogens is 2. The molecule has 21 heavy (non-hydrogen) atoms. The fraction of sp³-hybridized carbons (Fsp3) is 0.133. The largest absolute Gasteiger partial charge is 0.744 e. The van der Waals surface area contributed by atoms with Crippen LogP contribution < -0.4 is 4.98 Å². The lowest BCUT2D eigenvalue weighted by Gasteiger charge is -2.06. The van der Waals surface area contributed by atoms with Crippen LogP contribution in [-0.4, -0.2) is 17.5 Å². The third-order valence-electron chi connectivity index (χ3n) is 3.20. The maximum absolute atomic E-state index is 11.1. The normalized spacial score (nSPS) is 11.0. The number of aryl methyl sites for hydroxylation is 1. The standard InChI is InChI=1S/C10H11NO3S.C5H5N/c1-7-10(15(12,13)14)8-5-3-4-6-9(8)11(7)2;1-2-4-6-5-3-1/h3-6H,1-2H3,(H,12,13,14);1-5H. The van der Waals surface area contributed by atoms with Crippen molar-refractivity contribution in [1.29, 1.82) is 0 Å². The van der Waals surface area contributed by atoms with Gasteiger partial charge in [-0.2, -0.15) is 0 Å². The number of pyridine rings is 1. The van der Waals surface area contributed by atoms with Gasteiger partial charge in [0.1, 0.15) is 10.1 Å². The van der Waals surface area contributed by atoms with E-state index in [4.69, 9.17) is 0 Å². The molecule has 0 fully saturated rings. The molecule has 0 aliphatic rings. The molecular formula is C15H16N2O3S. The summed E-state index contributed by atoms with van der Waals surface area (Å²) >= 11 is 0. The number of hydrogen-bond acceptors (Lipinski definition) is 3. The van der Waals surface area contributed by atoms with Crippen molar-refractivity contribution in [2.45, 2.75) is 11.8 Å². The summed E-state index contributed by atoms with van der Waals surface area (Å²) in [6, 6.07) is 12.8. The van der Waals surface area contributed by atoms with E-state index in [0.29, 0.717) is 11.1 Å². The summed E-state index contributed by atoms with van der Waals surface area (Å²) in [5.74, 6) is 0. The van der Waals surface area contributed by atoms with E-state index in [1.165, 1.54) is 0 Å². The maximum Gasteiger partial charge on any atom is 0.166 e. The predicted molar refractivity (Wildman–Crippen MR) is 78.6 cm³/mol. The van der Waals surface area contributed by atoms with Gasteiger partial charge in [0, 0.05) is 35.8 Å². The average molecular weight is 304 g/mol. The Labute approximate surface area is 123 Å². The fourth-order valence-electron chi connectivity index (χ4n) is 2.14. The highest BCUT2D eigenvalue weighted by molar-refractivity contribution is 7.86. The van der Waals surface area contributed by atoms with E-state index < -0.39 is 10.1 Å². The smallest absolute Gasteiger partial charge is 0.166 e. The Hall–Kier alpha value is -2.18. The number of nitrogens with one attached hydrogen (secondary N) is 1. The minimum Gasteiger partial charge on any atom is -0.744 e. The van der Waals surface area contributed by atoms with Crippen molar-refractivity contribution >= 4 is 21.0 Å². The van der Waals surface area contributed by atoms with Gasteiger partial charge >= 0.3 is 0 Å². The van der Waals surface area contributed by atoms with Crippen molar-refractivity contribution in [2.75, 3.05) is 0 Å². The van der Waals surface area contributed by atoms with Gasteiger partial charge in [0.2, 0.25) is 0 Å². The third-order valence-corrected chi connectivity index (χ3v) is 4.21. The molecule has 1 N–H and O–H groups in total. The first-order valence-electron chi connectivity index (χ1n) is 6.34. The molecular weight excluding hydrogens is 288 g/mol. The lowest BCUT2D eigenvalue weighted by Crippen LogP contribution is -2.01. The van der Waals surface area contributed by atoms with Gasteiger partial charge in [-0.1, -0.05) is 24.3 Å². The summed E-state index contributed by atoms with van der Waals surface area (Å²) in [7, 11) is -2.67. The van der Waals surface area contributed by atoms with Crippen LogP contribution in [0.2, 0.25) is 0 Å². The highest BCUT2D eigenvalue weighted by atomic mass is 32.2. The Bertz CT molecular complexity index is 813. The molecule has 2 heterocycles. The summed E-state index contributed by atoms with van der Waals surface area (Å²) in [4.78, 5) is 2.78. The minimum absolute atomic E-state index is 0.111. The molecule has 5 nitrogen and oxygen atoms in total. The molecule has 0 amide bonds. The minimum atomic E-state index is -4.41. The second kappa shape index (κ2) is 6.07. The molecule has 0 unspecified atom stereocenters. The topological polar surface area (TPSA) is 76.3 Å². The molecule has 0 saturated carbocycles. The molecule has 1 aromatic carbocycles. The van der Waals surface area contributed by atoms with E-state index in [0.717, 1.165) is 5.52 Å². The number of benzene rings is 1. The summed E-state index contributed by atoms with van der Waals surface area (Å²) < 4.78 is 35.0. The summed E-state index contributed by atoms with van der Waals surface area (Å²) in [5, 5.41) is 0.493. The zero-order chi connectivity index (χ0) is 15.5. The van der Waals surface area contributed by atoms with Crippen molar-refractivity contribution in [3.05, 3.63) is 60.6 Å². The molecule has 0 aliphatic carbocycles. The lowest BCUT2D eigenvalue weighted by atomic mass is 10.2. The zero-order valence-electron chi connectivity index (χ0n) is 11.8. The van der Waals surface area contributed by atoms with E-state index >= 15 is 0 Å². The maximum atomic E-state index is 11.1. The van der Waals surface area contributed by atoms with Gasteiger partial charge in [0.15, 0.2) is 12.4 Å². The van der Waals surface area contributed by atoms with Gasteiger partial charge in [-0.3, -0.25) is 0 Å². The van der Waals surface area contributed by atoms with Gasteiger partial charge in [0.25, 0.3) is 0 Å². The van der Waals surface area contributed by atoms with E-state index in [1.54, 1.807) is 36.7 Å². The lowest BCUT2D eigenvalue weighted by molar-refractivity contribution is -0.377. The molecule has 3 aromatic rings. The Morgan fingerprint density at radius 1 is 1.05 bits per heavy atom. The van der Waals surface area contributed by atoms with Crippen LogP contribution in [0, 0.1) is 6.92 Å². The summed E-state index contributed by atoms with van der Waals surface area (Å²) in [6.45, 7) is 1.63. The van der Waals surface area contributed by atoms with Crippen LogP contribution >= 0.6 is 0 Å². The highest BCUT2D eigenvalue weighted by Crippen LogP contribution is 2.28. The van der Waals surface area contributed by atoms with Crippen molar-refractivity contribution in [3.8, 4) is 0 Å². The molecule has 6 heteroatoms. The van der Waals surface area contributed by atoms with Crippen molar-refractivity contribution in [3.63, 3.8) is 0 Å². The quantitative estimate of drug-likeness (QED) is 0.644. The predicted octanol–water partition coefficient (Wildman–Crippen LogP) is 1.89. The summed E-state index contributed by atoms with van der Waals surface area (Å²) in [5.41, 5.74) is 1.23. The molecule has 110 valence electrons. The number of aromatic amines is 1. The van der Waals surface area contributed by atoms with Crippen molar-refractivity contribution in [1.82, 2.24) is 4.57 Å². The van der Waals surface area contributed by atoms with Crippen LogP contribution in [-0.2, 0) is 17.2 Å². The Kier molecular flexibility index (Phi) is 4.40. The Balaban J connectivity index is 0.000000225. The number of fused-ring (bicyclic) bond motifs is 1. The van der Waals surface area contributed by atoms with Crippen LogP contribution in [0.1, 0.15) is 5.69 Å². The number of rotatable bonds is 1. The van der Waals surface area contributed by atoms with Crippen molar-refractivity contribution in [2.24, 2.45) is 7.05 Å². The van der Waals surface area contributed by atoms with E-state index in [2.05, 4.69) is 4.98 Å². The molecule has 0 saturated heterocycles. The monoisotopic (exact) mass is 304 g/mol. The first kappa shape index (κ1) is 15.2. The second-order valence-electron chi connectivity index (χ2n) is 4.52. The van der Waals surface area contributed by atoms with Crippen LogP contribution in [0.25, 0.3) is 10.9 Å². The second-order valence-corrected chi connectivity index (χ2v) is 5.84. The number of nitrogens with zero attached hydrogens (tertiary/aromatic N) is 1. The van der Waals surface area contributed by atoms with E-state index in [-0.39, 0.29) is 4.90 Å². The first-order valence-corrected chi connectivity index (χ1v) is 7.74. The zero-order valence-corrected chi connectivity index (χ0v) is 12.6. The van der Waals surface area contributed by atoms with Crippen LogP contribution in [0.15, 0.2) is 59.8 Å². The number of H-pyrrole nitrogens is 1. The summed E-state index contributed by atoms with van der Waals surface area (Å²) in [6.07, 6.45) is 3.75. The molecule has 0 spiro atoms. The van der Waals surface area contributed by atoms with E-state index in [1.807, 2.05) is 36.7 Å². The highest BCUT2D eigenvalue weighted by Gasteiger charge is 2.15. The molecule has 2 aromatic heterocycles. The van der Waals surface area contributed by atoms with Gasteiger partial charge in [-0.25, -0.2) is 13.4 Å². The van der Waals surface area contributed by atoms with E-state index in [9.17, 15) is 13.0 Å². The molecule has 0 atom stereocenters. The molecule has 3 rings (SSSR count). The Morgan fingerprint density at radius 2 is 1.67 bits per heavy atom. The molecule has 0 bridgehead atoms. The fourth-order valence-corrected chi connectivity index (χ4v) is 3.08. The van der Waals surface area contributed by atoms with Crippen LogP contribution in [0.4, 0.5) is 0 Å². The van der Waals surface area contributed by atoms with Crippen LogP contribution in [0.3, 0.4) is 0 Å². The van der Waals surface area contributed by atoms with Gasteiger partial charge in [-0.15, -0.1) is 0 Å². The number of para-hydroxylation sites is 1. The first-order chi connectivity index (χ1) is 9.93. The third kappa shape index (κ3) is 3.29. The van der Waals surface area contributed by atoms with Crippen LogP contribution in [0.5, 0.6) is 0 Å². The van der Waals surface area contributed by atoms with Gasteiger partial charge < -0.3 is 9.12 Å². The van der Waals surface area contributed by atoms with Crippen molar-refractivity contribution < 1.29 is 18.0 Å². The molecule has 0 radical (unpaired) electrons. The molecule has 0 aliphatic heterocycles. The average Bonchev–Trinajstić information content (AvgIpc) is 2.73. The Morgan fingerprint density at radius 3 is 2.14 bits per heavy atom.